The predicted molar refractivity (Wildman–Crippen MR) is 104 cm³/mol. The lowest BCUT2D eigenvalue weighted by Crippen LogP contribution is -2.08. The van der Waals surface area contributed by atoms with Crippen LogP contribution in [0.2, 0.25) is 0 Å². The molecule has 1 aromatic carbocycles. The van der Waals surface area contributed by atoms with E-state index in [1.807, 2.05) is 32.9 Å². The van der Waals surface area contributed by atoms with Crippen molar-refractivity contribution in [3.05, 3.63) is 28.8 Å². The van der Waals surface area contributed by atoms with Crippen LogP contribution in [0.25, 0.3) is 0 Å². The fourth-order valence-electron chi connectivity index (χ4n) is 1.71. The summed E-state index contributed by atoms with van der Waals surface area (Å²) >= 11 is 3.35. The number of hydrogen-bond acceptors (Lipinski definition) is 6. The summed E-state index contributed by atoms with van der Waals surface area (Å²) in [4.78, 5) is 20.6. The summed E-state index contributed by atoms with van der Waals surface area (Å²) in [6.07, 6.45) is 1.72. The molecular weight excluding hydrogens is 390 g/mol. The summed E-state index contributed by atoms with van der Waals surface area (Å²) < 4.78 is 14.1. The molecule has 2 N–H and O–H groups in total. The van der Waals surface area contributed by atoms with Crippen LogP contribution in [0.15, 0.2) is 12.1 Å². The van der Waals surface area contributed by atoms with Crippen LogP contribution >= 0.6 is 15.9 Å². The van der Waals surface area contributed by atoms with Crippen LogP contribution < -0.4 is 5.73 Å². The molecule has 0 unspecified atom stereocenters. The lowest BCUT2D eigenvalue weighted by Gasteiger charge is -2.10. The van der Waals surface area contributed by atoms with Gasteiger partial charge in [-0.3, -0.25) is 4.79 Å². The topological polar surface area (TPSA) is 87.8 Å². The largest absolute Gasteiger partial charge is 0.471 e. The minimum Gasteiger partial charge on any atom is -0.471 e. The molecule has 0 spiro atoms. The summed E-state index contributed by atoms with van der Waals surface area (Å²) in [7, 11) is 2.68. The van der Waals surface area contributed by atoms with E-state index in [9.17, 15) is 4.79 Å². The van der Waals surface area contributed by atoms with Gasteiger partial charge in [0, 0.05) is 17.6 Å². The molecule has 25 heavy (non-hydrogen) atoms. The number of methoxy groups -OCH3 is 2. The van der Waals surface area contributed by atoms with Gasteiger partial charge >= 0.3 is 5.97 Å². The molecule has 1 rings (SSSR count). The lowest BCUT2D eigenvalue weighted by molar-refractivity contribution is -0.126. The number of nitrogens with two attached hydrogens (primary N) is 1. The van der Waals surface area contributed by atoms with E-state index in [1.54, 1.807) is 0 Å². The van der Waals surface area contributed by atoms with Crippen LogP contribution in [0.5, 0.6) is 0 Å². The van der Waals surface area contributed by atoms with Crippen LogP contribution in [0.3, 0.4) is 0 Å². The monoisotopic (exact) mass is 419 g/mol. The molecule has 0 heterocycles. The molecule has 0 amide bonds. The predicted octanol–water partition coefficient (Wildman–Crippen LogP) is 3.52. The van der Waals surface area contributed by atoms with E-state index in [0.29, 0.717) is 24.3 Å². The first-order valence-electron chi connectivity index (χ1n) is 8.09. The van der Waals surface area contributed by atoms with E-state index >= 15 is 0 Å². The summed E-state index contributed by atoms with van der Waals surface area (Å²) in [5, 5.41) is 0.941. The Hall–Kier alpha value is -1.60. The SMILES string of the molecule is CC.COC(=O)c1cc(CCOCCCBr)cc(N)c1C.COC=O. The van der Waals surface area contributed by atoms with E-state index in [-0.39, 0.29) is 5.97 Å². The third-order valence-corrected chi connectivity index (χ3v) is 3.53. The van der Waals surface area contributed by atoms with Gasteiger partial charge in [0.25, 0.3) is 6.47 Å². The van der Waals surface area contributed by atoms with Gasteiger partial charge in [-0.05, 0) is 43.0 Å². The minimum absolute atomic E-state index is 0.355. The van der Waals surface area contributed by atoms with Crippen LogP contribution in [0, 0.1) is 6.92 Å². The maximum atomic E-state index is 11.6. The Morgan fingerprint density at radius 3 is 2.32 bits per heavy atom. The highest BCUT2D eigenvalue weighted by Gasteiger charge is 2.12. The second-order valence-corrected chi connectivity index (χ2v) is 5.38. The van der Waals surface area contributed by atoms with E-state index in [4.69, 9.17) is 20.0 Å². The highest BCUT2D eigenvalue weighted by atomic mass is 79.9. The van der Waals surface area contributed by atoms with Crippen molar-refractivity contribution in [3.8, 4) is 0 Å². The number of anilines is 1. The number of carbonyl (C=O) groups is 2. The molecule has 7 heteroatoms. The molecule has 0 bridgehead atoms. The molecule has 0 radical (unpaired) electrons. The zero-order chi connectivity index (χ0) is 19.7. The lowest BCUT2D eigenvalue weighted by atomic mass is 10.0. The van der Waals surface area contributed by atoms with Gasteiger partial charge in [0.2, 0.25) is 0 Å². The second kappa shape index (κ2) is 17.2. The maximum Gasteiger partial charge on any atom is 0.338 e. The molecule has 144 valence electrons. The zero-order valence-electron chi connectivity index (χ0n) is 15.8. The molecule has 0 fully saturated rings. The van der Waals surface area contributed by atoms with Gasteiger partial charge in [0.15, 0.2) is 0 Å². The number of alkyl halides is 1. The third kappa shape index (κ3) is 11.6. The fourth-order valence-corrected chi connectivity index (χ4v) is 1.94. The van der Waals surface area contributed by atoms with Gasteiger partial charge in [-0.2, -0.15) is 0 Å². The molecule has 0 aliphatic carbocycles. The standard InChI is InChI=1S/C14H20BrNO3.C2H4O2.C2H6/c1-10-12(14(17)18-2)8-11(9-13(10)16)4-7-19-6-3-5-15;1-4-2-3;1-2/h8-9H,3-7,16H2,1-2H3;2H,1H3;1-2H3. The average molecular weight is 420 g/mol. The molecule has 0 saturated carbocycles. The Bertz CT molecular complexity index is 495. The summed E-state index contributed by atoms with van der Waals surface area (Å²) in [6.45, 7) is 7.55. The molecule has 6 nitrogen and oxygen atoms in total. The van der Waals surface area contributed by atoms with Crippen LogP contribution in [0.4, 0.5) is 5.69 Å². The van der Waals surface area contributed by atoms with Crippen molar-refractivity contribution < 1.29 is 23.8 Å². The molecule has 1 aromatic rings. The van der Waals surface area contributed by atoms with Crippen LogP contribution in [-0.2, 0) is 25.4 Å². The van der Waals surface area contributed by atoms with Gasteiger partial charge in [0.1, 0.15) is 0 Å². The van der Waals surface area contributed by atoms with E-state index in [2.05, 4.69) is 20.7 Å². The number of benzene rings is 1. The Balaban J connectivity index is 0. The van der Waals surface area contributed by atoms with Crippen LogP contribution in [0.1, 0.15) is 41.8 Å². The van der Waals surface area contributed by atoms with Gasteiger partial charge in [0.05, 0.1) is 26.4 Å². The first-order valence-corrected chi connectivity index (χ1v) is 9.21. The van der Waals surface area contributed by atoms with Crippen LogP contribution in [-0.4, -0.2) is 45.2 Å². The number of nitrogen functional groups attached to an aromatic ring is 1. The summed E-state index contributed by atoms with van der Waals surface area (Å²) in [6, 6.07) is 3.71. The number of esters is 1. The Morgan fingerprint density at radius 2 is 1.84 bits per heavy atom. The zero-order valence-corrected chi connectivity index (χ0v) is 17.4. The van der Waals surface area contributed by atoms with E-state index in [1.165, 1.54) is 14.2 Å². The first kappa shape index (κ1) is 25.6. The van der Waals surface area contributed by atoms with E-state index < -0.39 is 0 Å². The molecule has 0 aromatic heterocycles. The molecule has 0 atom stereocenters. The second-order valence-electron chi connectivity index (χ2n) is 4.59. The van der Waals surface area contributed by atoms with Crippen molar-refractivity contribution >= 4 is 34.1 Å². The van der Waals surface area contributed by atoms with Gasteiger partial charge in [-0.1, -0.05) is 29.8 Å². The van der Waals surface area contributed by atoms with Crippen molar-refractivity contribution in [3.63, 3.8) is 0 Å². The molecule has 0 aliphatic rings. The minimum atomic E-state index is -0.355. The Morgan fingerprint density at radius 1 is 1.24 bits per heavy atom. The number of ether oxygens (including phenoxy) is 3. The number of carbonyl (C=O) groups excluding carboxylic acids is 2. The highest BCUT2D eigenvalue weighted by molar-refractivity contribution is 9.09. The van der Waals surface area contributed by atoms with Gasteiger partial charge in [-0.15, -0.1) is 0 Å². The van der Waals surface area contributed by atoms with Crippen molar-refractivity contribution in [2.45, 2.75) is 33.6 Å². The van der Waals surface area contributed by atoms with Crippen molar-refractivity contribution in [1.82, 2.24) is 0 Å². The van der Waals surface area contributed by atoms with E-state index in [0.717, 1.165) is 35.9 Å². The average Bonchev–Trinajstić information content (AvgIpc) is 2.65. The Labute approximate surface area is 159 Å². The quantitative estimate of drug-likeness (QED) is 0.228. The summed E-state index contributed by atoms with van der Waals surface area (Å²) in [5.74, 6) is -0.355. The first-order chi connectivity index (χ1) is 12.0. The normalized spacial score (nSPS) is 9.04. The van der Waals surface area contributed by atoms with Crippen molar-refractivity contribution in [1.29, 1.82) is 0 Å². The highest BCUT2D eigenvalue weighted by Crippen LogP contribution is 2.20. The number of hydrogen-bond donors (Lipinski definition) is 1. The van der Waals surface area contributed by atoms with Crippen molar-refractivity contribution in [2.24, 2.45) is 0 Å². The summed E-state index contributed by atoms with van der Waals surface area (Å²) in [5.41, 5.74) is 8.79. The van der Waals surface area contributed by atoms with Gasteiger partial charge in [-0.25, -0.2) is 4.79 Å². The molecule has 0 saturated heterocycles. The van der Waals surface area contributed by atoms with Crippen molar-refractivity contribution in [2.75, 3.05) is 38.5 Å². The number of rotatable bonds is 8. The number of halogens is 1. The third-order valence-electron chi connectivity index (χ3n) is 2.97. The molecular formula is C18H30BrNO5. The molecule has 0 aliphatic heterocycles. The smallest absolute Gasteiger partial charge is 0.338 e. The van der Waals surface area contributed by atoms with Gasteiger partial charge < -0.3 is 19.9 Å². The maximum absolute atomic E-state index is 11.6. The Kier molecular flexibility index (Phi) is 17.7. The fraction of sp³-hybridized carbons (Fsp3) is 0.556.